The lowest BCUT2D eigenvalue weighted by Gasteiger charge is -2.25. The normalized spacial score (nSPS) is 11.0. The number of methoxy groups -OCH3 is 2. The van der Waals surface area contributed by atoms with E-state index < -0.39 is 5.97 Å². The van der Waals surface area contributed by atoms with Gasteiger partial charge in [-0.25, -0.2) is 9.78 Å². The molecule has 0 spiro atoms. The van der Waals surface area contributed by atoms with E-state index in [1.54, 1.807) is 24.0 Å². The number of amides is 1. The maximum absolute atomic E-state index is 13.9. The minimum atomic E-state index is -0.425. The fraction of sp³-hybridized carbons (Fsp3) is 0.452. The van der Waals surface area contributed by atoms with Gasteiger partial charge in [0.15, 0.2) is 18.1 Å². The van der Waals surface area contributed by atoms with Crippen molar-refractivity contribution in [2.24, 2.45) is 5.92 Å². The second-order valence-electron chi connectivity index (χ2n) is 10.1. The Morgan fingerprint density at radius 3 is 2.44 bits per heavy atom. The molecule has 0 radical (unpaired) electrons. The van der Waals surface area contributed by atoms with Gasteiger partial charge in [0.05, 0.1) is 50.2 Å². The Kier molecular flexibility index (Phi) is 11.5. The highest BCUT2D eigenvalue weighted by Crippen LogP contribution is 2.38. The summed E-state index contributed by atoms with van der Waals surface area (Å²) in [5, 5.41) is 0.203. The summed E-state index contributed by atoms with van der Waals surface area (Å²) in [6, 6.07) is 10.9. The molecule has 41 heavy (non-hydrogen) atoms. The van der Waals surface area contributed by atoms with Crippen molar-refractivity contribution >= 4 is 23.5 Å². The number of hydrogen-bond donors (Lipinski definition) is 0. The average molecular weight is 586 g/mol. The molecule has 3 rings (SSSR count). The van der Waals surface area contributed by atoms with E-state index >= 15 is 0 Å². The first-order valence-electron chi connectivity index (χ1n) is 13.7. The topological polar surface area (TPSA) is 92.1 Å². The fourth-order valence-electron chi connectivity index (χ4n) is 4.40. The molecule has 0 aliphatic heterocycles. The van der Waals surface area contributed by atoms with E-state index in [9.17, 15) is 9.59 Å². The van der Waals surface area contributed by atoms with Crippen molar-refractivity contribution in [3.8, 4) is 17.2 Å². The number of imidazole rings is 1. The van der Waals surface area contributed by atoms with Crippen molar-refractivity contribution in [3.63, 3.8) is 0 Å². The summed E-state index contributed by atoms with van der Waals surface area (Å²) in [6.07, 6.45) is 0.805. The summed E-state index contributed by atoms with van der Waals surface area (Å²) < 4.78 is 23.7. The molecule has 0 fully saturated rings. The lowest BCUT2D eigenvalue weighted by atomic mass is 10.1. The smallest absolute Gasteiger partial charge is 0.344 e. The van der Waals surface area contributed by atoms with Crippen LogP contribution in [0.3, 0.4) is 0 Å². The van der Waals surface area contributed by atoms with E-state index in [0.717, 1.165) is 29.2 Å². The van der Waals surface area contributed by atoms with Gasteiger partial charge in [-0.05, 0) is 51.3 Å². The van der Waals surface area contributed by atoms with E-state index in [-0.39, 0.29) is 24.1 Å². The summed E-state index contributed by atoms with van der Waals surface area (Å²) in [6.45, 7) is 11.3. The van der Waals surface area contributed by atoms with Gasteiger partial charge in [-0.1, -0.05) is 43.6 Å². The molecule has 10 heteroatoms. The largest absolute Gasteiger partial charge is 0.493 e. The van der Waals surface area contributed by atoms with Gasteiger partial charge in [0.2, 0.25) is 0 Å². The van der Waals surface area contributed by atoms with Crippen LogP contribution in [0.1, 0.15) is 60.3 Å². The fourth-order valence-corrected chi connectivity index (χ4v) is 4.72. The van der Waals surface area contributed by atoms with Crippen molar-refractivity contribution in [3.05, 3.63) is 69.8 Å². The zero-order valence-corrected chi connectivity index (χ0v) is 25.7. The summed E-state index contributed by atoms with van der Waals surface area (Å²) in [5.41, 5.74) is 3.05. The second-order valence-corrected chi connectivity index (χ2v) is 10.4. The van der Waals surface area contributed by atoms with Gasteiger partial charge in [0.1, 0.15) is 11.6 Å². The molecule has 2 aromatic carbocycles. The van der Waals surface area contributed by atoms with Crippen molar-refractivity contribution in [2.75, 3.05) is 34.0 Å². The third-order valence-corrected chi connectivity index (χ3v) is 7.18. The highest BCUT2D eigenvalue weighted by molar-refractivity contribution is 6.35. The Morgan fingerprint density at radius 1 is 1.05 bits per heavy atom. The molecule has 222 valence electrons. The monoisotopic (exact) mass is 585 g/mol. The molecule has 1 aromatic heterocycles. The lowest BCUT2D eigenvalue weighted by Crippen LogP contribution is -2.33. The molecule has 0 saturated heterocycles. The van der Waals surface area contributed by atoms with Crippen LogP contribution in [0.25, 0.3) is 0 Å². The van der Waals surface area contributed by atoms with Crippen molar-refractivity contribution in [2.45, 2.75) is 54.1 Å². The van der Waals surface area contributed by atoms with Gasteiger partial charge < -0.3 is 28.4 Å². The van der Waals surface area contributed by atoms with Gasteiger partial charge in [-0.3, -0.25) is 4.79 Å². The Labute approximate surface area is 247 Å². The molecule has 0 atom stereocenters. The second kappa shape index (κ2) is 14.8. The minimum absolute atomic E-state index is 0.177. The standard InChI is InChI=1S/C31H40ClN3O6/c1-8-40-28(36)19-41-25-12-10-9-11-23(25)17-35-22(5)21(4)33-27(35)18-34(16-15-20(2)3)31(37)24-13-14-26(38-6)30(39-7)29(24)32/h9-14,20H,8,15-19H2,1-7H3. The van der Waals surface area contributed by atoms with Crippen LogP contribution < -0.4 is 14.2 Å². The molecule has 0 aliphatic rings. The lowest BCUT2D eigenvalue weighted by molar-refractivity contribution is -0.145. The van der Waals surface area contributed by atoms with Crippen LogP contribution in [0.2, 0.25) is 5.02 Å². The number of rotatable bonds is 14. The predicted octanol–water partition coefficient (Wildman–Crippen LogP) is 5.85. The zero-order valence-electron chi connectivity index (χ0n) is 25.0. The van der Waals surface area contributed by atoms with Gasteiger partial charge >= 0.3 is 5.97 Å². The van der Waals surface area contributed by atoms with Crippen LogP contribution in [-0.4, -0.2) is 60.3 Å². The number of carbonyl (C=O) groups excluding carboxylic acids is 2. The molecule has 0 N–H and O–H groups in total. The number of benzene rings is 2. The molecular weight excluding hydrogens is 546 g/mol. The highest BCUT2D eigenvalue weighted by Gasteiger charge is 2.25. The first kappa shape index (κ1) is 31.8. The van der Waals surface area contributed by atoms with E-state index in [1.165, 1.54) is 14.2 Å². The Bertz CT molecular complexity index is 1350. The third kappa shape index (κ3) is 7.94. The molecule has 9 nitrogen and oxygen atoms in total. The predicted molar refractivity (Wildman–Crippen MR) is 158 cm³/mol. The number of aryl methyl sites for hydroxylation is 1. The van der Waals surface area contributed by atoms with Gasteiger partial charge in [-0.15, -0.1) is 0 Å². The highest BCUT2D eigenvalue weighted by atomic mass is 35.5. The molecule has 0 saturated carbocycles. The molecule has 0 aliphatic carbocycles. The number of para-hydroxylation sites is 1. The van der Waals surface area contributed by atoms with Gasteiger partial charge in [-0.2, -0.15) is 0 Å². The summed E-state index contributed by atoms with van der Waals surface area (Å²) in [7, 11) is 3.01. The van der Waals surface area contributed by atoms with Crippen molar-refractivity contribution in [1.29, 1.82) is 0 Å². The van der Waals surface area contributed by atoms with Crippen molar-refractivity contribution in [1.82, 2.24) is 14.5 Å². The molecule has 1 amide bonds. The van der Waals surface area contributed by atoms with Crippen LogP contribution in [0.15, 0.2) is 36.4 Å². The zero-order chi connectivity index (χ0) is 30.1. The first-order valence-corrected chi connectivity index (χ1v) is 14.1. The van der Waals surface area contributed by atoms with E-state index in [0.29, 0.717) is 48.4 Å². The van der Waals surface area contributed by atoms with Crippen LogP contribution in [-0.2, 0) is 22.6 Å². The Balaban J connectivity index is 1.95. The minimum Gasteiger partial charge on any atom is -0.493 e. The van der Waals surface area contributed by atoms with Crippen LogP contribution >= 0.6 is 11.6 Å². The average Bonchev–Trinajstić information content (AvgIpc) is 3.21. The maximum Gasteiger partial charge on any atom is 0.344 e. The number of halogens is 1. The molecule has 0 unspecified atom stereocenters. The van der Waals surface area contributed by atoms with Gasteiger partial charge in [0, 0.05) is 17.8 Å². The Morgan fingerprint density at radius 2 is 1.78 bits per heavy atom. The SMILES string of the molecule is CCOC(=O)COc1ccccc1Cn1c(CN(CCC(C)C)C(=O)c2ccc(OC)c(OC)c2Cl)nc(C)c1C. The number of nitrogens with zero attached hydrogens (tertiary/aromatic N) is 3. The van der Waals surface area contributed by atoms with E-state index in [1.807, 2.05) is 38.1 Å². The van der Waals surface area contributed by atoms with Crippen LogP contribution in [0, 0.1) is 19.8 Å². The maximum atomic E-state index is 13.9. The Hall–Kier alpha value is -3.72. The summed E-state index contributed by atoms with van der Waals surface area (Å²) >= 11 is 6.63. The molecule has 0 bridgehead atoms. The number of aromatic nitrogens is 2. The molecule has 1 heterocycles. The third-order valence-electron chi connectivity index (χ3n) is 6.80. The van der Waals surface area contributed by atoms with E-state index in [2.05, 4.69) is 18.4 Å². The molecule has 3 aromatic rings. The van der Waals surface area contributed by atoms with Crippen LogP contribution in [0.5, 0.6) is 17.2 Å². The van der Waals surface area contributed by atoms with Gasteiger partial charge in [0.25, 0.3) is 5.91 Å². The summed E-state index contributed by atoms with van der Waals surface area (Å²) in [5.74, 6) is 1.82. The molecular formula is C31H40ClN3O6. The quantitative estimate of drug-likeness (QED) is 0.219. The van der Waals surface area contributed by atoms with Crippen molar-refractivity contribution < 1.29 is 28.5 Å². The number of ether oxygens (including phenoxy) is 4. The van der Waals surface area contributed by atoms with E-state index in [4.69, 9.17) is 35.5 Å². The number of carbonyl (C=O) groups is 2. The summed E-state index contributed by atoms with van der Waals surface area (Å²) in [4.78, 5) is 32.4. The number of hydrogen-bond acceptors (Lipinski definition) is 7. The first-order chi connectivity index (χ1) is 19.6. The number of esters is 1. The van der Waals surface area contributed by atoms with Crippen LogP contribution in [0.4, 0.5) is 0 Å².